The van der Waals surface area contributed by atoms with E-state index >= 15 is 0 Å². The van der Waals surface area contributed by atoms with Crippen LogP contribution in [0.3, 0.4) is 0 Å². The van der Waals surface area contributed by atoms with Crippen LogP contribution in [0, 0.1) is 0 Å². The first-order chi connectivity index (χ1) is 13.2. The molecule has 0 amide bonds. The van der Waals surface area contributed by atoms with Gasteiger partial charge in [-0.2, -0.15) is 0 Å². The van der Waals surface area contributed by atoms with Crippen molar-refractivity contribution in [2.24, 2.45) is 0 Å². The van der Waals surface area contributed by atoms with E-state index in [1.54, 1.807) is 12.1 Å². The average Bonchev–Trinajstić information content (AvgIpc) is 3.43. The van der Waals surface area contributed by atoms with E-state index in [1.165, 1.54) is 44.1 Å². The van der Waals surface area contributed by atoms with Crippen molar-refractivity contribution >= 4 is 5.97 Å². The average molecular weight is 368 g/mol. The number of carbonyl (C=O) groups is 1. The van der Waals surface area contributed by atoms with E-state index in [9.17, 15) is 4.79 Å². The summed E-state index contributed by atoms with van der Waals surface area (Å²) in [7, 11) is 0. The first-order valence-corrected chi connectivity index (χ1v) is 9.96. The summed E-state index contributed by atoms with van der Waals surface area (Å²) in [6.07, 6.45) is 12.1. The third-order valence-electron chi connectivity index (χ3n) is 4.80. The van der Waals surface area contributed by atoms with Crippen molar-refractivity contribution in [3.8, 4) is 17.1 Å². The highest BCUT2D eigenvalue weighted by atomic mass is 16.6. The number of hydrogen-bond donors (Lipinski definition) is 0. The van der Waals surface area contributed by atoms with Crippen molar-refractivity contribution in [3.05, 3.63) is 42.2 Å². The molecule has 5 nitrogen and oxygen atoms in total. The van der Waals surface area contributed by atoms with Crippen LogP contribution < -0.4 is 4.74 Å². The molecule has 0 radical (unpaired) electrons. The molecule has 3 rings (SSSR count). The molecule has 0 spiro atoms. The van der Waals surface area contributed by atoms with Crippen molar-refractivity contribution in [1.82, 2.24) is 9.97 Å². The second kappa shape index (κ2) is 9.60. The number of esters is 1. The van der Waals surface area contributed by atoms with Gasteiger partial charge in [0.25, 0.3) is 0 Å². The van der Waals surface area contributed by atoms with Crippen LogP contribution in [0.4, 0.5) is 0 Å². The molecule has 0 aliphatic carbocycles. The number of benzene rings is 1. The Labute approximate surface area is 161 Å². The van der Waals surface area contributed by atoms with E-state index in [4.69, 9.17) is 9.47 Å². The molecular weight excluding hydrogens is 340 g/mol. The number of aromatic nitrogens is 2. The number of aryl methyl sites for hydroxylation is 1. The molecule has 1 aliphatic heterocycles. The van der Waals surface area contributed by atoms with Gasteiger partial charge in [-0.3, -0.25) is 0 Å². The van der Waals surface area contributed by atoms with E-state index in [0.717, 1.165) is 12.0 Å². The summed E-state index contributed by atoms with van der Waals surface area (Å²) in [6, 6.07) is 7.24. The summed E-state index contributed by atoms with van der Waals surface area (Å²) < 4.78 is 10.4. The molecule has 144 valence electrons. The highest BCUT2D eigenvalue weighted by Crippen LogP contribution is 2.25. The molecule has 1 aliphatic rings. The van der Waals surface area contributed by atoms with E-state index in [0.29, 0.717) is 11.6 Å². The van der Waals surface area contributed by atoms with Crippen molar-refractivity contribution in [2.45, 2.75) is 71.0 Å². The zero-order valence-corrected chi connectivity index (χ0v) is 16.2. The minimum atomic E-state index is -0.424. The lowest BCUT2D eigenvalue weighted by Gasteiger charge is -2.05. The third-order valence-corrected chi connectivity index (χ3v) is 4.80. The summed E-state index contributed by atoms with van der Waals surface area (Å²) in [4.78, 5) is 20.7. The Hall–Kier alpha value is -2.27. The van der Waals surface area contributed by atoms with Crippen LogP contribution in [0.15, 0.2) is 36.7 Å². The normalized spacial score (nSPS) is 18.3. The molecule has 27 heavy (non-hydrogen) atoms. The maximum atomic E-state index is 11.8. The van der Waals surface area contributed by atoms with Crippen LogP contribution >= 0.6 is 0 Å². The van der Waals surface area contributed by atoms with Gasteiger partial charge in [0, 0.05) is 18.0 Å². The van der Waals surface area contributed by atoms with Crippen LogP contribution in [-0.2, 0) is 16.0 Å². The molecule has 5 heteroatoms. The van der Waals surface area contributed by atoms with Gasteiger partial charge < -0.3 is 9.47 Å². The Kier molecular flexibility index (Phi) is 6.93. The topological polar surface area (TPSA) is 64.6 Å². The van der Waals surface area contributed by atoms with Gasteiger partial charge in [-0.15, -0.1) is 0 Å². The number of unbranched alkanes of at least 4 members (excludes halogenated alkanes) is 5. The second-order valence-corrected chi connectivity index (χ2v) is 7.14. The largest absolute Gasteiger partial charge is 0.425 e. The fourth-order valence-corrected chi connectivity index (χ4v) is 3.02. The lowest BCUT2D eigenvalue weighted by Crippen LogP contribution is -2.16. The summed E-state index contributed by atoms with van der Waals surface area (Å²) >= 11 is 0. The molecule has 2 atom stereocenters. The maximum Gasteiger partial charge on any atom is 0.343 e. The minimum Gasteiger partial charge on any atom is -0.425 e. The number of ether oxygens (including phenoxy) is 2. The van der Waals surface area contributed by atoms with Crippen LogP contribution in [0.25, 0.3) is 11.4 Å². The lowest BCUT2D eigenvalue weighted by molar-refractivity contribution is -0.135. The number of nitrogens with zero attached hydrogens (tertiary/aromatic N) is 2. The van der Waals surface area contributed by atoms with Crippen LogP contribution in [0.1, 0.15) is 57.9 Å². The molecule has 2 aromatic rings. The fraction of sp³-hybridized carbons (Fsp3) is 0.500. The number of hydrogen-bond acceptors (Lipinski definition) is 5. The number of carbonyl (C=O) groups excluding carboxylic acids is 1. The van der Waals surface area contributed by atoms with Crippen LogP contribution in [0.2, 0.25) is 0 Å². The van der Waals surface area contributed by atoms with Gasteiger partial charge in [-0.1, -0.05) is 39.0 Å². The van der Waals surface area contributed by atoms with Gasteiger partial charge in [-0.05, 0) is 49.6 Å². The first-order valence-electron chi connectivity index (χ1n) is 9.96. The molecule has 2 heterocycles. The zero-order valence-electron chi connectivity index (χ0n) is 16.2. The van der Waals surface area contributed by atoms with Crippen molar-refractivity contribution in [2.75, 3.05) is 0 Å². The van der Waals surface area contributed by atoms with E-state index in [-0.39, 0.29) is 12.1 Å². The zero-order chi connectivity index (χ0) is 19.1. The standard InChI is InChI=1S/C22H28N2O3/c1-3-4-5-6-7-8-9-17-14-23-21(24-15-17)18-10-12-19(13-11-18)27-22(25)20-16(2)26-20/h10-16,20H,3-9H2,1-2H3/t16-,20+/m0/s1. The van der Waals surface area contributed by atoms with Gasteiger partial charge >= 0.3 is 5.97 Å². The Morgan fingerprint density at radius 2 is 1.67 bits per heavy atom. The Balaban J connectivity index is 1.47. The SMILES string of the molecule is CCCCCCCCc1cnc(-c2ccc(OC(=O)[C@@H]3O[C@H]3C)cc2)nc1. The predicted octanol–water partition coefficient (Wildman–Crippen LogP) is 4.74. The van der Waals surface area contributed by atoms with Gasteiger partial charge in [0.1, 0.15) is 5.75 Å². The summed E-state index contributed by atoms with van der Waals surface area (Å²) in [5.74, 6) is 0.843. The summed E-state index contributed by atoms with van der Waals surface area (Å²) in [5, 5.41) is 0. The number of rotatable bonds is 10. The van der Waals surface area contributed by atoms with Gasteiger partial charge in [0.15, 0.2) is 11.9 Å². The van der Waals surface area contributed by atoms with E-state index in [2.05, 4.69) is 16.9 Å². The summed E-state index contributed by atoms with van der Waals surface area (Å²) in [5.41, 5.74) is 2.08. The lowest BCUT2D eigenvalue weighted by atomic mass is 10.1. The Morgan fingerprint density at radius 1 is 1.04 bits per heavy atom. The molecule has 0 unspecified atom stereocenters. The highest BCUT2D eigenvalue weighted by Gasteiger charge is 2.42. The third kappa shape index (κ3) is 5.86. The smallest absolute Gasteiger partial charge is 0.343 e. The number of epoxide rings is 1. The quantitative estimate of drug-likeness (QED) is 0.262. The van der Waals surface area contributed by atoms with E-state index < -0.39 is 6.10 Å². The molecule has 0 bridgehead atoms. The minimum absolute atomic E-state index is 0.0416. The summed E-state index contributed by atoms with van der Waals surface area (Å²) in [6.45, 7) is 4.09. The Bertz CT molecular complexity index is 728. The van der Waals surface area contributed by atoms with Crippen molar-refractivity contribution < 1.29 is 14.3 Å². The van der Waals surface area contributed by atoms with Crippen molar-refractivity contribution in [3.63, 3.8) is 0 Å². The molecule has 0 saturated carbocycles. The Morgan fingerprint density at radius 3 is 2.30 bits per heavy atom. The highest BCUT2D eigenvalue weighted by molar-refractivity contribution is 5.80. The molecule has 0 N–H and O–H groups in total. The monoisotopic (exact) mass is 368 g/mol. The molecule has 1 fully saturated rings. The molecule has 1 aromatic heterocycles. The van der Waals surface area contributed by atoms with Gasteiger partial charge in [0.2, 0.25) is 0 Å². The molecule has 1 saturated heterocycles. The van der Waals surface area contributed by atoms with E-state index in [1.807, 2.05) is 31.5 Å². The van der Waals surface area contributed by atoms with Crippen LogP contribution in [0.5, 0.6) is 5.75 Å². The van der Waals surface area contributed by atoms with Gasteiger partial charge in [-0.25, -0.2) is 14.8 Å². The predicted molar refractivity (Wildman–Crippen MR) is 105 cm³/mol. The molecular formula is C22H28N2O3. The fourth-order valence-electron chi connectivity index (χ4n) is 3.02. The first kappa shape index (κ1) is 19.5. The van der Waals surface area contributed by atoms with Crippen LogP contribution in [-0.4, -0.2) is 28.1 Å². The van der Waals surface area contributed by atoms with Crippen molar-refractivity contribution in [1.29, 1.82) is 0 Å². The maximum absolute atomic E-state index is 11.8. The molecule has 1 aromatic carbocycles. The second-order valence-electron chi connectivity index (χ2n) is 7.14. The van der Waals surface area contributed by atoms with Gasteiger partial charge in [0.05, 0.1) is 6.10 Å².